The number of nitrogens with zero attached hydrogens (tertiary/aromatic N) is 1. The molecule has 1 rings (SSSR count). The van der Waals surface area contributed by atoms with Gasteiger partial charge < -0.3 is 10.1 Å². The molecule has 0 aliphatic carbocycles. The molecule has 1 N–H and O–H groups in total. The van der Waals surface area contributed by atoms with Gasteiger partial charge in [0.2, 0.25) is 0 Å². The van der Waals surface area contributed by atoms with Crippen LogP contribution < -0.4 is 5.32 Å². The number of nitriles is 1. The quantitative estimate of drug-likeness (QED) is 0.866. The lowest BCUT2D eigenvalue weighted by Gasteiger charge is -2.25. The highest BCUT2D eigenvalue weighted by Crippen LogP contribution is 2.17. The summed E-state index contributed by atoms with van der Waals surface area (Å²) < 4.78 is 5.20. The summed E-state index contributed by atoms with van der Waals surface area (Å²) in [5, 5.41) is 11.4. The van der Waals surface area contributed by atoms with Gasteiger partial charge in [-0.15, -0.1) is 0 Å². The van der Waals surface area contributed by atoms with Crippen molar-refractivity contribution >= 4 is 11.6 Å². The Bertz CT molecular complexity index is 428. The first-order valence-electron chi connectivity index (χ1n) is 5.42. The van der Waals surface area contributed by atoms with E-state index in [2.05, 4.69) is 5.32 Å². The van der Waals surface area contributed by atoms with Gasteiger partial charge in [-0.25, -0.2) is 0 Å². The van der Waals surface area contributed by atoms with Crippen LogP contribution in [0.5, 0.6) is 0 Å². The van der Waals surface area contributed by atoms with Crippen molar-refractivity contribution in [1.82, 2.24) is 0 Å². The number of benzene rings is 1. The zero-order chi connectivity index (χ0) is 12.9. The third-order valence-electron chi connectivity index (χ3n) is 2.88. The minimum absolute atomic E-state index is 0.188. The smallest absolute Gasteiger partial charge is 0.256 e. The predicted octanol–water partition coefficient (Wildman–Crippen LogP) is 2.31. The molecule has 1 aromatic rings. The average Bonchev–Trinajstić information content (AvgIpc) is 2.38. The van der Waals surface area contributed by atoms with E-state index in [1.54, 1.807) is 31.2 Å². The zero-order valence-electron chi connectivity index (χ0n) is 10.3. The van der Waals surface area contributed by atoms with Crippen LogP contribution in [0.15, 0.2) is 24.3 Å². The summed E-state index contributed by atoms with van der Waals surface area (Å²) in [6.45, 7) is 3.63. The fourth-order valence-electron chi connectivity index (χ4n) is 1.29. The van der Waals surface area contributed by atoms with Gasteiger partial charge in [0.05, 0.1) is 11.6 Å². The van der Waals surface area contributed by atoms with Crippen LogP contribution in [0.2, 0.25) is 0 Å². The second-order valence-electron chi connectivity index (χ2n) is 3.93. The van der Waals surface area contributed by atoms with Crippen LogP contribution in [-0.2, 0) is 9.53 Å². The number of carbonyl (C=O) groups excluding carboxylic acids is 1. The second-order valence-corrected chi connectivity index (χ2v) is 3.93. The van der Waals surface area contributed by atoms with Crippen molar-refractivity contribution in [1.29, 1.82) is 5.26 Å². The number of anilines is 1. The van der Waals surface area contributed by atoms with Crippen LogP contribution >= 0.6 is 0 Å². The normalized spacial score (nSPS) is 13.5. The molecule has 17 heavy (non-hydrogen) atoms. The molecule has 0 saturated heterocycles. The van der Waals surface area contributed by atoms with E-state index in [1.807, 2.05) is 13.0 Å². The van der Waals surface area contributed by atoms with Crippen molar-refractivity contribution in [3.63, 3.8) is 0 Å². The lowest BCUT2D eigenvalue weighted by atomic mass is 10.0. The first-order chi connectivity index (χ1) is 8.05. The van der Waals surface area contributed by atoms with Crippen LogP contribution in [0.1, 0.15) is 25.8 Å². The van der Waals surface area contributed by atoms with E-state index in [9.17, 15) is 4.79 Å². The molecule has 90 valence electrons. The molecule has 1 atom stereocenters. The molecule has 1 aromatic carbocycles. The van der Waals surface area contributed by atoms with Crippen molar-refractivity contribution in [3.05, 3.63) is 29.8 Å². The van der Waals surface area contributed by atoms with Crippen molar-refractivity contribution in [2.45, 2.75) is 25.9 Å². The molecule has 0 aliphatic heterocycles. The fourth-order valence-corrected chi connectivity index (χ4v) is 1.29. The number of carbonyl (C=O) groups is 1. The van der Waals surface area contributed by atoms with Crippen molar-refractivity contribution in [3.8, 4) is 6.07 Å². The molecule has 0 heterocycles. The molecule has 0 spiro atoms. The lowest BCUT2D eigenvalue weighted by molar-refractivity contribution is -0.136. The number of methoxy groups -OCH3 is 1. The maximum Gasteiger partial charge on any atom is 0.256 e. The Hall–Kier alpha value is -1.86. The molecule has 0 aliphatic rings. The van der Waals surface area contributed by atoms with Gasteiger partial charge in [0, 0.05) is 12.8 Å². The second kappa shape index (κ2) is 5.46. The van der Waals surface area contributed by atoms with E-state index in [0.717, 1.165) is 0 Å². The maximum absolute atomic E-state index is 11.9. The van der Waals surface area contributed by atoms with Gasteiger partial charge in [-0.1, -0.05) is 6.92 Å². The Morgan fingerprint density at radius 3 is 2.47 bits per heavy atom. The number of hydrogen-bond donors (Lipinski definition) is 1. The van der Waals surface area contributed by atoms with Crippen molar-refractivity contribution in [2.24, 2.45) is 0 Å². The van der Waals surface area contributed by atoms with E-state index in [4.69, 9.17) is 10.00 Å². The summed E-state index contributed by atoms with van der Waals surface area (Å²) in [6, 6.07) is 8.73. The molecule has 4 heteroatoms. The largest absolute Gasteiger partial charge is 0.369 e. The van der Waals surface area contributed by atoms with Crippen molar-refractivity contribution in [2.75, 3.05) is 12.4 Å². The third kappa shape index (κ3) is 3.05. The predicted molar refractivity (Wildman–Crippen MR) is 65.5 cm³/mol. The molecular weight excluding hydrogens is 216 g/mol. The number of rotatable bonds is 4. The topological polar surface area (TPSA) is 62.1 Å². The van der Waals surface area contributed by atoms with Crippen LogP contribution in [0.3, 0.4) is 0 Å². The monoisotopic (exact) mass is 232 g/mol. The van der Waals surface area contributed by atoms with Gasteiger partial charge >= 0.3 is 0 Å². The van der Waals surface area contributed by atoms with Crippen molar-refractivity contribution < 1.29 is 9.53 Å². The number of hydrogen-bond acceptors (Lipinski definition) is 3. The zero-order valence-corrected chi connectivity index (χ0v) is 10.3. The van der Waals surface area contributed by atoms with E-state index in [1.165, 1.54) is 7.11 Å². The van der Waals surface area contributed by atoms with Crippen LogP contribution in [0.25, 0.3) is 0 Å². The van der Waals surface area contributed by atoms with E-state index in [-0.39, 0.29) is 5.91 Å². The maximum atomic E-state index is 11.9. The Kier molecular flexibility index (Phi) is 4.24. The highest BCUT2D eigenvalue weighted by Gasteiger charge is 2.30. The summed E-state index contributed by atoms with van der Waals surface area (Å²) in [5.41, 5.74) is 0.396. The highest BCUT2D eigenvalue weighted by atomic mass is 16.5. The number of amides is 1. The van der Waals surface area contributed by atoms with E-state index in [0.29, 0.717) is 17.7 Å². The van der Waals surface area contributed by atoms with Crippen LogP contribution in [-0.4, -0.2) is 18.6 Å². The molecule has 0 fully saturated rings. The molecule has 4 nitrogen and oxygen atoms in total. The summed E-state index contributed by atoms with van der Waals surface area (Å²) in [5.74, 6) is -0.188. The van der Waals surface area contributed by atoms with E-state index >= 15 is 0 Å². The lowest BCUT2D eigenvalue weighted by Crippen LogP contribution is -2.41. The fraction of sp³-hybridized carbons (Fsp3) is 0.385. The van der Waals surface area contributed by atoms with Gasteiger partial charge in [0.15, 0.2) is 0 Å². The molecule has 0 bridgehead atoms. The Morgan fingerprint density at radius 2 is 2.06 bits per heavy atom. The Labute approximate surface area is 101 Å². The van der Waals surface area contributed by atoms with Crippen LogP contribution in [0.4, 0.5) is 5.69 Å². The van der Waals surface area contributed by atoms with Gasteiger partial charge in [-0.3, -0.25) is 4.79 Å². The van der Waals surface area contributed by atoms with Gasteiger partial charge in [0.25, 0.3) is 5.91 Å². The van der Waals surface area contributed by atoms with Crippen LogP contribution in [0, 0.1) is 11.3 Å². The summed E-state index contributed by atoms with van der Waals surface area (Å²) in [7, 11) is 1.52. The van der Waals surface area contributed by atoms with Gasteiger partial charge in [0.1, 0.15) is 5.60 Å². The SMILES string of the molecule is CCC(C)(OC)C(=O)Nc1ccc(C#N)cc1. The number of nitrogens with one attached hydrogen (secondary N) is 1. The average molecular weight is 232 g/mol. The standard InChI is InChI=1S/C13H16N2O2/c1-4-13(2,17-3)12(16)15-11-7-5-10(9-14)6-8-11/h5-8H,4H2,1-3H3,(H,15,16). The molecule has 0 aromatic heterocycles. The highest BCUT2D eigenvalue weighted by molar-refractivity contribution is 5.97. The minimum atomic E-state index is -0.825. The first-order valence-corrected chi connectivity index (χ1v) is 5.42. The molecule has 0 saturated carbocycles. The molecule has 0 radical (unpaired) electrons. The number of ether oxygens (including phenoxy) is 1. The minimum Gasteiger partial charge on any atom is -0.369 e. The Morgan fingerprint density at radius 1 is 1.47 bits per heavy atom. The summed E-state index contributed by atoms with van der Waals surface area (Å²) in [6.07, 6.45) is 0.589. The summed E-state index contributed by atoms with van der Waals surface area (Å²) in [4.78, 5) is 11.9. The third-order valence-corrected chi connectivity index (χ3v) is 2.88. The molecule has 1 unspecified atom stereocenters. The van der Waals surface area contributed by atoms with Gasteiger partial charge in [-0.2, -0.15) is 5.26 Å². The molecule has 1 amide bonds. The molecular formula is C13H16N2O2. The Balaban J connectivity index is 2.78. The summed E-state index contributed by atoms with van der Waals surface area (Å²) >= 11 is 0. The first kappa shape index (κ1) is 13.2. The van der Waals surface area contributed by atoms with E-state index < -0.39 is 5.60 Å². The van der Waals surface area contributed by atoms with Gasteiger partial charge in [-0.05, 0) is 37.6 Å².